The molecule has 23 heavy (non-hydrogen) atoms. The molecule has 0 bridgehead atoms. The number of carbonyl (C=O) groups excluding carboxylic acids is 1. The van der Waals surface area contributed by atoms with Crippen LogP contribution < -0.4 is 5.63 Å². The number of para-hydroxylation sites is 1. The topological polar surface area (TPSA) is 80.7 Å². The summed E-state index contributed by atoms with van der Waals surface area (Å²) in [6.07, 6.45) is 1.51. The fourth-order valence-corrected chi connectivity index (χ4v) is 2.58. The number of carbonyl (C=O) groups is 1. The van der Waals surface area contributed by atoms with E-state index >= 15 is 0 Å². The van der Waals surface area contributed by atoms with Gasteiger partial charge in [0.15, 0.2) is 0 Å². The minimum absolute atomic E-state index is 0. The molecule has 3 aromatic rings. The zero-order valence-corrected chi connectivity index (χ0v) is 14.9. The Hall–Kier alpha value is -1.82. The van der Waals surface area contributed by atoms with Gasteiger partial charge in [0.2, 0.25) is 0 Å². The Morgan fingerprint density at radius 3 is 2.61 bits per heavy atom. The third-order valence-electron chi connectivity index (χ3n) is 3.55. The monoisotopic (exact) mass is 321 g/mol. The van der Waals surface area contributed by atoms with E-state index in [0.29, 0.717) is 16.7 Å². The van der Waals surface area contributed by atoms with Crippen LogP contribution in [0.15, 0.2) is 56.3 Å². The molecule has 0 fully saturated rings. The first-order valence-electron chi connectivity index (χ1n) is 6.85. The Morgan fingerprint density at radius 2 is 1.96 bits per heavy atom. The van der Waals surface area contributed by atoms with E-state index in [9.17, 15) is 14.7 Å². The Labute approximate surface area is 154 Å². The summed E-state index contributed by atoms with van der Waals surface area (Å²) in [6, 6.07) is 10.0. The molecule has 5 nitrogen and oxygen atoms in total. The van der Waals surface area contributed by atoms with Gasteiger partial charge < -0.3 is 13.9 Å². The summed E-state index contributed by atoms with van der Waals surface area (Å²) in [5.41, 5.74) is -0.322. The van der Waals surface area contributed by atoms with E-state index in [-0.39, 0.29) is 53.1 Å². The second-order valence-electron chi connectivity index (χ2n) is 5.12. The second kappa shape index (κ2) is 7.17. The van der Waals surface area contributed by atoms with Gasteiger partial charge in [0.25, 0.3) is 0 Å². The van der Waals surface area contributed by atoms with Crippen LogP contribution in [0.1, 0.15) is 30.6 Å². The summed E-state index contributed by atoms with van der Waals surface area (Å²) in [5.74, 6) is -0.524. The Kier molecular flexibility index (Phi) is 5.46. The van der Waals surface area contributed by atoms with E-state index in [2.05, 4.69) is 0 Å². The Balaban J connectivity index is 0.00000192. The van der Waals surface area contributed by atoms with Gasteiger partial charge in [0, 0.05) is 36.0 Å². The Morgan fingerprint density at radius 1 is 1.22 bits per heavy atom. The van der Waals surface area contributed by atoms with Crippen LogP contribution in [0.5, 0.6) is 5.75 Å². The van der Waals surface area contributed by atoms with Gasteiger partial charge in [-0.15, -0.1) is 0 Å². The summed E-state index contributed by atoms with van der Waals surface area (Å²) in [5, 5.41) is 10.9. The van der Waals surface area contributed by atoms with Crippen LogP contribution in [0.25, 0.3) is 11.0 Å². The summed E-state index contributed by atoms with van der Waals surface area (Å²) in [4.78, 5) is 23.8. The van der Waals surface area contributed by atoms with E-state index in [1.165, 1.54) is 13.2 Å². The van der Waals surface area contributed by atoms with Crippen LogP contribution >= 0.6 is 0 Å². The molecular weight excluding hydrogens is 307 g/mol. The second-order valence-corrected chi connectivity index (χ2v) is 5.12. The predicted octanol–water partition coefficient (Wildman–Crippen LogP) is 2.82. The minimum atomic E-state index is -0.673. The summed E-state index contributed by atoms with van der Waals surface area (Å²) >= 11 is 0. The van der Waals surface area contributed by atoms with Gasteiger partial charge in [0.1, 0.15) is 22.9 Å². The molecule has 113 valence electrons. The molecule has 1 radical (unpaired) electrons. The summed E-state index contributed by atoms with van der Waals surface area (Å²) in [6.45, 7) is 1.43. The third-order valence-corrected chi connectivity index (χ3v) is 3.55. The van der Waals surface area contributed by atoms with Gasteiger partial charge in [-0.2, -0.15) is 0 Å². The molecule has 0 aliphatic rings. The first-order chi connectivity index (χ1) is 10.6. The van der Waals surface area contributed by atoms with Gasteiger partial charge in [-0.05, 0) is 31.2 Å². The minimum Gasteiger partial charge on any atom is -0.507 e. The number of fused-ring (bicyclic) bond motifs is 1. The van der Waals surface area contributed by atoms with Crippen molar-refractivity contribution in [1.29, 1.82) is 0 Å². The van der Waals surface area contributed by atoms with E-state index in [0.717, 1.165) is 0 Å². The smallest absolute Gasteiger partial charge is 0.343 e. The number of benzene rings is 1. The van der Waals surface area contributed by atoms with Crippen LogP contribution in [0.4, 0.5) is 0 Å². The normalized spacial score (nSPS) is 11.9. The Bertz CT molecular complexity index is 880. The number of aromatic hydroxyl groups is 1. The first kappa shape index (κ1) is 17.5. The van der Waals surface area contributed by atoms with Gasteiger partial charge in [0.05, 0.1) is 23.1 Å². The molecule has 0 aliphatic heterocycles. The molecule has 0 aliphatic carbocycles. The van der Waals surface area contributed by atoms with Crippen LogP contribution in [-0.2, 0) is 4.79 Å². The molecule has 6 heteroatoms. The van der Waals surface area contributed by atoms with E-state index in [1.807, 2.05) is 0 Å². The zero-order chi connectivity index (χ0) is 15.7. The van der Waals surface area contributed by atoms with Crippen molar-refractivity contribution >= 4 is 46.3 Å². The molecule has 2 aromatic heterocycles. The van der Waals surface area contributed by atoms with E-state index in [1.54, 1.807) is 36.4 Å². The molecule has 1 unspecified atom stereocenters. The fourth-order valence-electron chi connectivity index (χ4n) is 2.58. The number of furan rings is 1. The molecule has 3 rings (SSSR count). The molecule has 1 aromatic carbocycles. The van der Waals surface area contributed by atoms with E-state index in [4.69, 9.17) is 8.83 Å². The van der Waals surface area contributed by atoms with Crippen molar-refractivity contribution in [3.8, 4) is 5.75 Å². The van der Waals surface area contributed by atoms with Crippen molar-refractivity contribution in [2.24, 2.45) is 0 Å². The molecule has 0 spiro atoms. The third kappa shape index (κ3) is 3.42. The molecule has 0 saturated carbocycles. The largest absolute Gasteiger partial charge is 0.507 e. The van der Waals surface area contributed by atoms with Crippen LogP contribution in [0.3, 0.4) is 0 Å². The number of Topliss-reactive ketones (excluding diaryl/α,β-unsaturated/α-hetero) is 1. The number of hydrogen-bond donors (Lipinski definition) is 1. The maximum atomic E-state index is 12.3. The SMILES string of the molecule is CC(=O)CC(c1ccco1)c1c(O)c2ccccc2oc1=O.[Na]. The maximum Gasteiger partial charge on any atom is 0.343 e. The first-order valence-corrected chi connectivity index (χ1v) is 6.85. The quantitative estimate of drug-likeness (QED) is 0.590. The average molecular weight is 321 g/mol. The van der Waals surface area contributed by atoms with Crippen molar-refractivity contribution in [2.45, 2.75) is 19.3 Å². The van der Waals surface area contributed by atoms with Crippen LogP contribution in [0.2, 0.25) is 0 Å². The maximum absolute atomic E-state index is 12.3. The predicted molar refractivity (Wildman–Crippen MR) is 85.8 cm³/mol. The van der Waals surface area contributed by atoms with Gasteiger partial charge in [-0.1, -0.05) is 12.1 Å². The van der Waals surface area contributed by atoms with Gasteiger partial charge in [-0.3, -0.25) is 4.79 Å². The molecule has 1 atom stereocenters. The van der Waals surface area contributed by atoms with E-state index < -0.39 is 11.5 Å². The number of hydrogen-bond acceptors (Lipinski definition) is 5. The fraction of sp³-hybridized carbons (Fsp3) is 0.176. The average Bonchev–Trinajstić information content (AvgIpc) is 3.00. The van der Waals surface area contributed by atoms with Gasteiger partial charge >= 0.3 is 5.63 Å². The number of rotatable bonds is 4. The molecular formula is C17H14NaO5. The van der Waals surface area contributed by atoms with Crippen LogP contribution in [0, 0.1) is 0 Å². The van der Waals surface area contributed by atoms with Crippen molar-refractivity contribution in [3.63, 3.8) is 0 Å². The zero-order valence-electron chi connectivity index (χ0n) is 12.9. The molecule has 0 saturated heterocycles. The van der Waals surface area contributed by atoms with Crippen molar-refractivity contribution < 1.29 is 18.7 Å². The van der Waals surface area contributed by atoms with Crippen molar-refractivity contribution in [3.05, 3.63) is 64.4 Å². The molecule has 2 heterocycles. The standard InChI is InChI=1S/C17H14O5.Na/c1-10(18)9-12(13-7-4-8-21-13)15-16(19)11-5-2-3-6-14(11)22-17(15)20;/h2-8,12,19H,9H2,1H3;. The summed E-state index contributed by atoms with van der Waals surface area (Å²) in [7, 11) is 0. The number of ketones is 1. The van der Waals surface area contributed by atoms with Crippen molar-refractivity contribution in [2.75, 3.05) is 0 Å². The molecule has 0 amide bonds. The van der Waals surface area contributed by atoms with Crippen LogP contribution in [-0.4, -0.2) is 40.4 Å². The van der Waals surface area contributed by atoms with Gasteiger partial charge in [-0.25, -0.2) is 4.79 Å². The molecule has 1 N–H and O–H groups in total. The summed E-state index contributed by atoms with van der Waals surface area (Å²) < 4.78 is 10.6. The van der Waals surface area contributed by atoms with Crippen molar-refractivity contribution in [1.82, 2.24) is 0 Å².